The van der Waals surface area contributed by atoms with Crippen molar-refractivity contribution < 1.29 is 4.74 Å². The molecule has 1 aliphatic rings. The van der Waals surface area contributed by atoms with Crippen molar-refractivity contribution in [3.05, 3.63) is 16.3 Å². The highest BCUT2D eigenvalue weighted by atomic mass is 16.5. The number of aryl methyl sites for hydroxylation is 1. The molecule has 0 saturated heterocycles. The zero-order valence-corrected chi connectivity index (χ0v) is 11.2. The van der Waals surface area contributed by atoms with E-state index in [2.05, 4.69) is 17.3 Å². The van der Waals surface area contributed by atoms with Crippen LogP contribution in [0.2, 0.25) is 0 Å². The van der Waals surface area contributed by atoms with Gasteiger partial charge in [-0.25, -0.2) is 9.48 Å². The van der Waals surface area contributed by atoms with E-state index in [1.54, 1.807) is 11.8 Å². The Morgan fingerprint density at radius 1 is 1.50 bits per heavy atom. The Morgan fingerprint density at radius 2 is 2.33 bits per heavy atom. The molecule has 0 bridgehead atoms. The monoisotopic (exact) mass is 254 g/mol. The first kappa shape index (κ1) is 13.3. The van der Waals surface area contributed by atoms with Crippen LogP contribution >= 0.6 is 0 Å². The lowest BCUT2D eigenvalue weighted by atomic mass is 10.2. The van der Waals surface area contributed by atoms with Crippen LogP contribution < -0.4 is 11.0 Å². The molecular weight excluding hydrogens is 232 g/mol. The summed E-state index contributed by atoms with van der Waals surface area (Å²) in [5, 5.41) is 7.69. The minimum absolute atomic E-state index is 0.0332. The lowest BCUT2D eigenvalue weighted by molar-refractivity contribution is 0.171. The van der Waals surface area contributed by atoms with Gasteiger partial charge in [0.15, 0.2) is 0 Å². The molecule has 0 radical (unpaired) electrons. The van der Waals surface area contributed by atoms with Gasteiger partial charge in [0.05, 0.1) is 13.2 Å². The summed E-state index contributed by atoms with van der Waals surface area (Å²) in [7, 11) is 1.69. The molecule has 102 valence electrons. The van der Waals surface area contributed by atoms with Gasteiger partial charge in [0, 0.05) is 32.7 Å². The van der Waals surface area contributed by atoms with E-state index >= 15 is 0 Å². The van der Waals surface area contributed by atoms with Crippen molar-refractivity contribution in [3.8, 4) is 0 Å². The molecule has 0 saturated carbocycles. The minimum Gasteiger partial charge on any atom is -0.383 e. The van der Waals surface area contributed by atoms with E-state index in [-0.39, 0.29) is 5.69 Å². The van der Waals surface area contributed by atoms with Crippen molar-refractivity contribution in [1.29, 1.82) is 0 Å². The molecule has 2 rings (SSSR count). The summed E-state index contributed by atoms with van der Waals surface area (Å²) in [5.74, 6) is 0.941. The molecule has 0 amide bonds. The summed E-state index contributed by atoms with van der Waals surface area (Å²) in [6, 6.07) is 0.294. The highest BCUT2D eigenvalue weighted by Gasteiger charge is 2.16. The van der Waals surface area contributed by atoms with Crippen molar-refractivity contribution in [1.82, 2.24) is 19.7 Å². The number of ether oxygens (including phenoxy) is 1. The van der Waals surface area contributed by atoms with Crippen molar-refractivity contribution >= 4 is 0 Å². The van der Waals surface area contributed by atoms with Crippen molar-refractivity contribution in [2.75, 3.05) is 20.3 Å². The molecule has 6 nitrogen and oxygen atoms in total. The van der Waals surface area contributed by atoms with Gasteiger partial charge in [-0.2, -0.15) is 5.10 Å². The van der Waals surface area contributed by atoms with Crippen LogP contribution in [0.3, 0.4) is 0 Å². The van der Waals surface area contributed by atoms with Crippen molar-refractivity contribution in [3.63, 3.8) is 0 Å². The highest BCUT2D eigenvalue weighted by Crippen LogP contribution is 2.08. The van der Waals surface area contributed by atoms with Crippen LogP contribution in [0.25, 0.3) is 0 Å². The number of nitrogens with zero attached hydrogens (tertiary/aromatic N) is 3. The second-order valence-electron chi connectivity index (χ2n) is 4.84. The molecule has 18 heavy (non-hydrogen) atoms. The van der Waals surface area contributed by atoms with Crippen LogP contribution in [-0.4, -0.2) is 40.7 Å². The van der Waals surface area contributed by atoms with Gasteiger partial charge in [-0.15, -0.1) is 0 Å². The number of rotatable bonds is 6. The second kappa shape index (κ2) is 6.15. The quantitative estimate of drug-likeness (QED) is 0.776. The van der Waals surface area contributed by atoms with E-state index in [4.69, 9.17) is 4.74 Å². The van der Waals surface area contributed by atoms with Crippen LogP contribution in [0.15, 0.2) is 4.79 Å². The van der Waals surface area contributed by atoms with Crippen LogP contribution in [0.5, 0.6) is 0 Å². The van der Waals surface area contributed by atoms with Gasteiger partial charge in [-0.05, 0) is 19.8 Å². The average Bonchev–Trinajstić information content (AvgIpc) is 2.68. The SMILES string of the molecule is COCC(C)NCCn1nc2n(c1=O)CCCC2. The molecule has 0 spiro atoms. The number of aromatic nitrogens is 3. The van der Waals surface area contributed by atoms with Crippen LogP contribution in [0, 0.1) is 0 Å². The van der Waals surface area contributed by atoms with E-state index in [1.807, 2.05) is 4.57 Å². The van der Waals surface area contributed by atoms with Crippen LogP contribution in [0.1, 0.15) is 25.6 Å². The van der Waals surface area contributed by atoms with Gasteiger partial charge in [0.25, 0.3) is 0 Å². The molecule has 1 aromatic rings. The normalized spacial score (nSPS) is 16.6. The molecule has 2 heterocycles. The number of hydrogen-bond donors (Lipinski definition) is 1. The van der Waals surface area contributed by atoms with Gasteiger partial charge >= 0.3 is 5.69 Å². The van der Waals surface area contributed by atoms with E-state index in [0.717, 1.165) is 38.2 Å². The summed E-state index contributed by atoms with van der Waals surface area (Å²) < 4.78 is 8.43. The van der Waals surface area contributed by atoms with Gasteiger partial charge < -0.3 is 10.1 Å². The molecule has 0 fully saturated rings. The lowest BCUT2D eigenvalue weighted by Crippen LogP contribution is -2.35. The summed E-state index contributed by atoms with van der Waals surface area (Å²) in [6.07, 6.45) is 3.15. The number of hydrogen-bond acceptors (Lipinski definition) is 4. The fourth-order valence-electron chi connectivity index (χ4n) is 2.32. The zero-order valence-electron chi connectivity index (χ0n) is 11.2. The smallest absolute Gasteiger partial charge is 0.345 e. The Bertz CT molecular complexity index is 438. The zero-order chi connectivity index (χ0) is 13.0. The molecule has 6 heteroatoms. The van der Waals surface area contributed by atoms with Gasteiger partial charge in [-0.1, -0.05) is 0 Å². The third kappa shape index (κ3) is 3.00. The van der Waals surface area contributed by atoms with Crippen molar-refractivity contribution in [2.45, 2.75) is 45.3 Å². The third-order valence-electron chi connectivity index (χ3n) is 3.26. The molecule has 1 atom stereocenters. The van der Waals surface area contributed by atoms with Crippen LogP contribution in [-0.2, 0) is 24.2 Å². The van der Waals surface area contributed by atoms with E-state index in [9.17, 15) is 4.79 Å². The summed E-state index contributed by atoms with van der Waals surface area (Å²) in [6.45, 7) is 4.91. The maximum atomic E-state index is 12.0. The minimum atomic E-state index is 0.0332. The Labute approximate surface area is 107 Å². The fourth-order valence-corrected chi connectivity index (χ4v) is 2.32. The first-order valence-electron chi connectivity index (χ1n) is 6.61. The highest BCUT2D eigenvalue weighted by molar-refractivity contribution is 4.91. The average molecular weight is 254 g/mol. The first-order valence-corrected chi connectivity index (χ1v) is 6.61. The Balaban J connectivity index is 1.90. The van der Waals surface area contributed by atoms with E-state index in [1.165, 1.54) is 0 Å². The van der Waals surface area contributed by atoms with Gasteiger partial charge in [0.2, 0.25) is 0 Å². The number of methoxy groups -OCH3 is 1. The van der Waals surface area contributed by atoms with E-state index < -0.39 is 0 Å². The maximum Gasteiger partial charge on any atom is 0.345 e. The second-order valence-corrected chi connectivity index (χ2v) is 4.84. The Kier molecular flexibility index (Phi) is 4.54. The molecule has 1 unspecified atom stereocenters. The molecule has 1 aromatic heterocycles. The first-order chi connectivity index (χ1) is 8.72. The molecule has 1 aliphatic heterocycles. The molecule has 1 N–H and O–H groups in total. The topological polar surface area (TPSA) is 61.1 Å². The molecule has 0 aliphatic carbocycles. The summed E-state index contributed by atoms with van der Waals surface area (Å²) in [5.41, 5.74) is 0.0332. The van der Waals surface area contributed by atoms with Crippen molar-refractivity contribution in [2.24, 2.45) is 0 Å². The van der Waals surface area contributed by atoms with E-state index in [0.29, 0.717) is 19.2 Å². The Morgan fingerprint density at radius 3 is 3.06 bits per heavy atom. The molecule has 0 aromatic carbocycles. The largest absolute Gasteiger partial charge is 0.383 e. The predicted molar refractivity (Wildman–Crippen MR) is 68.8 cm³/mol. The maximum absolute atomic E-state index is 12.0. The summed E-state index contributed by atoms with van der Waals surface area (Å²) >= 11 is 0. The summed E-state index contributed by atoms with van der Waals surface area (Å²) in [4.78, 5) is 12.0. The Hall–Kier alpha value is -1.14. The number of fused-ring (bicyclic) bond motifs is 1. The number of nitrogens with one attached hydrogen (secondary N) is 1. The fraction of sp³-hybridized carbons (Fsp3) is 0.833. The third-order valence-corrected chi connectivity index (χ3v) is 3.26. The standard InChI is InChI=1S/C12H22N4O2/c1-10(9-18-2)13-6-8-16-12(17)15-7-4-3-5-11(15)14-16/h10,13H,3-9H2,1-2H3. The van der Waals surface area contributed by atoms with Gasteiger partial charge in [0.1, 0.15) is 5.82 Å². The predicted octanol–water partition coefficient (Wildman–Crippen LogP) is 0.00560. The van der Waals surface area contributed by atoms with Gasteiger partial charge in [-0.3, -0.25) is 4.57 Å². The molecular formula is C12H22N4O2. The van der Waals surface area contributed by atoms with Crippen LogP contribution in [0.4, 0.5) is 0 Å². The lowest BCUT2D eigenvalue weighted by Gasteiger charge is -2.11.